The average molecular weight is 414 g/mol. The van der Waals surface area contributed by atoms with Crippen LogP contribution < -0.4 is 14.4 Å². The predicted octanol–water partition coefficient (Wildman–Crippen LogP) is 1.30. The lowest BCUT2D eigenvalue weighted by Crippen LogP contribution is -2.53. The van der Waals surface area contributed by atoms with Gasteiger partial charge in [-0.15, -0.1) is 0 Å². The molecule has 9 nitrogen and oxygen atoms in total. The van der Waals surface area contributed by atoms with Gasteiger partial charge in [0.05, 0.1) is 17.0 Å². The Kier molecular flexibility index (Phi) is 5.47. The van der Waals surface area contributed by atoms with Crippen molar-refractivity contribution in [3.63, 3.8) is 0 Å². The summed E-state index contributed by atoms with van der Waals surface area (Å²) in [6.07, 6.45) is 3.56. The number of carbonyl (C=O) groups excluding carboxylic acids is 1. The van der Waals surface area contributed by atoms with Crippen LogP contribution >= 0.6 is 11.6 Å². The van der Waals surface area contributed by atoms with E-state index >= 15 is 0 Å². The number of imidazole rings is 1. The number of hydrogen-bond acceptors (Lipinski definition) is 6. The third kappa shape index (κ3) is 4.11. The zero-order chi connectivity index (χ0) is 19.6. The van der Waals surface area contributed by atoms with Gasteiger partial charge in [-0.05, 0) is 12.1 Å². The summed E-state index contributed by atoms with van der Waals surface area (Å²) >= 11 is 5.91. The van der Waals surface area contributed by atoms with E-state index in [0.29, 0.717) is 26.2 Å². The van der Waals surface area contributed by atoms with E-state index < -0.39 is 16.1 Å². The minimum atomic E-state index is -4.03. The molecule has 1 aromatic heterocycles. The van der Waals surface area contributed by atoms with Crippen molar-refractivity contribution in [2.45, 2.75) is 4.90 Å². The van der Waals surface area contributed by atoms with Crippen LogP contribution in [0.3, 0.4) is 0 Å². The number of nitrogens with zero attached hydrogens (tertiary/aromatic N) is 4. The van der Waals surface area contributed by atoms with Crippen molar-refractivity contribution >= 4 is 33.6 Å². The monoisotopic (exact) mass is 413 g/mol. The summed E-state index contributed by atoms with van der Waals surface area (Å²) in [7, 11) is -0.748. The van der Waals surface area contributed by atoms with Gasteiger partial charge in [-0.3, -0.25) is 0 Å². The molecule has 1 saturated heterocycles. The molecule has 0 saturated carbocycles. The van der Waals surface area contributed by atoms with E-state index in [2.05, 4.69) is 9.71 Å². The van der Waals surface area contributed by atoms with E-state index in [0.717, 1.165) is 5.95 Å². The first-order valence-corrected chi connectivity index (χ1v) is 10.1. The van der Waals surface area contributed by atoms with E-state index in [9.17, 15) is 13.2 Å². The molecule has 1 aliphatic rings. The zero-order valence-corrected chi connectivity index (χ0v) is 16.5. The maximum absolute atomic E-state index is 12.5. The molecule has 0 bridgehead atoms. The summed E-state index contributed by atoms with van der Waals surface area (Å²) in [6, 6.07) is 3.34. The highest BCUT2D eigenvalue weighted by Gasteiger charge is 2.27. The largest absolute Gasteiger partial charge is 0.495 e. The molecule has 146 valence electrons. The maximum atomic E-state index is 12.5. The molecule has 1 aromatic carbocycles. The van der Waals surface area contributed by atoms with Gasteiger partial charge in [0.25, 0.3) is 10.0 Å². The Morgan fingerprint density at radius 3 is 2.56 bits per heavy atom. The summed E-state index contributed by atoms with van der Waals surface area (Å²) in [5.74, 6) is 1.03. The molecule has 2 heterocycles. The fraction of sp³-hybridized carbons (Fsp3) is 0.375. The van der Waals surface area contributed by atoms with Crippen molar-refractivity contribution in [2.75, 3.05) is 38.2 Å². The van der Waals surface area contributed by atoms with E-state index in [1.165, 1.54) is 30.2 Å². The third-order valence-corrected chi connectivity index (χ3v) is 5.93. The fourth-order valence-electron chi connectivity index (χ4n) is 2.82. The molecule has 0 aliphatic carbocycles. The van der Waals surface area contributed by atoms with E-state index in [1.807, 2.05) is 22.7 Å². The minimum Gasteiger partial charge on any atom is -0.495 e. The van der Waals surface area contributed by atoms with Crippen molar-refractivity contribution < 1.29 is 17.9 Å². The van der Waals surface area contributed by atoms with Gasteiger partial charge in [0.1, 0.15) is 5.75 Å². The highest BCUT2D eigenvalue weighted by atomic mass is 35.5. The van der Waals surface area contributed by atoms with Gasteiger partial charge in [-0.25, -0.2) is 22.9 Å². The lowest BCUT2D eigenvalue weighted by molar-refractivity contribution is 0.200. The summed E-state index contributed by atoms with van der Waals surface area (Å²) in [5, 5.41) is 0.285. The number of rotatable bonds is 4. The Hall–Kier alpha value is -2.46. The predicted molar refractivity (Wildman–Crippen MR) is 101 cm³/mol. The number of carbonyl (C=O) groups is 1. The standard InChI is InChI=1S/C16H20ClN5O4S/c1-20-6-5-18-15(20)21-7-9-22(10-8-21)16(23)19-27(24,25)12-3-4-13(17)14(11-12)26-2/h3-6,11H,7-10H2,1-2H3,(H,19,23). The molecule has 2 amide bonds. The SMILES string of the molecule is COc1cc(S(=O)(=O)NC(=O)N2CCN(c3nccn3C)CC2)ccc1Cl. The highest BCUT2D eigenvalue weighted by Crippen LogP contribution is 2.27. The van der Waals surface area contributed by atoms with Crippen molar-refractivity contribution in [3.8, 4) is 5.75 Å². The number of aromatic nitrogens is 2. The number of aryl methyl sites for hydroxylation is 1. The summed E-state index contributed by atoms with van der Waals surface area (Å²) < 4.78 is 34.0. The number of halogens is 1. The van der Waals surface area contributed by atoms with Gasteiger partial charge < -0.3 is 19.1 Å². The molecule has 1 aliphatic heterocycles. The quantitative estimate of drug-likeness (QED) is 0.811. The normalized spacial score (nSPS) is 14.9. The van der Waals surface area contributed by atoms with Gasteiger partial charge in [0, 0.05) is 51.7 Å². The number of ether oxygens (including phenoxy) is 1. The third-order valence-electron chi connectivity index (χ3n) is 4.30. The van der Waals surface area contributed by atoms with Crippen LogP contribution in [0.4, 0.5) is 10.7 Å². The Balaban J connectivity index is 1.64. The molecule has 1 N–H and O–H groups in total. The second-order valence-corrected chi connectivity index (χ2v) is 8.11. The molecule has 27 heavy (non-hydrogen) atoms. The minimum absolute atomic E-state index is 0.0938. The van der Waals surface area contributed by atoms with Crippen molar-refractivity contribution in [2.24, 2.45) is 7.05 Å². The molecule has 11 heteroatoms. The van der Waals surface area contributed by atoms with Crippen molar-refractivity contribution in [1.29, 1.82) is 0 Å². The number of sulfonamides is 1. The number of amides is 2. The zero-order valence-electron chi connectivity index (χ0n) is 14.9. The first-order chi connectivity index (χ1) is 12.8. The molecule has 0 unspecified atom stereocenters. The Morgan fingerprint density at radius 1 is 1.26 bits per heavy atom. The first-order valence-electron chi connectivity index (χ1n) is 8.19. The smallest absolute Gasteiger partial charge is 0.331 e. The molecular formula is C16H20ClN5O4S. The molecule has 0 radical (unpaired) electrons. The van der Waals surface area contributed by atoms with Crippen molar-refractivity contribution in [3.05, 3.63) is 35.6 Å². The Labute approximate surface area is 162 Å². The molecule has 3 rings (SSSR count). The molecular weight excluding hydrogens is 394 g/mol. The van der Waals surface area contributed by atoms with Crippen LogP contribution in [0.2, 0.25) is 5.02 Å². The van der Waals surface area contributed by atoms with E-state index in [-0.39, 0.29) is 15.7 Å². The van der Waals surface area contributed by atoms with Gasteiger partial charge in [0.15, 0.2) is 0 Å². The van der Waals surface area contributed by atoms with Crippen LogP contribution in [0, 0.1) is 0 Å². The Morgan fingerprint density at radius 2 is 1.96 bits per heavy atom. The second-order valence-electron chi connectivity index (χ2n) is 6.02. The topological polar surface area (TPSA) is 96.8 Å². The maximum Gasteiger partial charge on any atom is 0.331 e. The van der Waals surface area contributed by atoms with Gasteiger partial charge >= 0.3 is 6.03 Å². The Bertz CT molecular complexity index is 938. The molecule has 0 atom stereocenters. The van der Waals surface area contributed by atoms with Gasteiger partial charge in [0.2, 0.25) is 5.95 Å². The van der Waals surface area contributed by atoms with Crippen LogP contribution in [0.15, 0.2) is 35.5 Å². The van der Waals surface area contributed by atoms with Crippen LogP contribution in [0.1, 0.15) is 0 Å². The number of benzene rings is 1. The summed E-state index contributed by atoms with van der Waals surface area (Å²) in [4.78, 5) is 20.1. The van der Waals surface area contributed by atoms with E-state index in [1.54, 1.807) is 6.20 Å². The number of urea groups is 1. The van der Waals surface area contributed by atoms with Crippen LogP contribution in [-0.4, -0.2) is 62.2 Å². The number of methoxy groups -OCH3 is 1. The number of nitrogens with one attached hydrogen (secondary N) is 1. The molecule has 1 fully saturated rings. The fourth-order valence-corrected chi connectivity index (χ4v) is 4.00. The number of hydrogen-bond donors (Lipinski definition) is 1. The summed E-state index contributed by atoms with van der Waals surface area (Å²) in [5.41, 5.74) is 0. The first kappa shape index (κ1) is 19.3. The van der Waals surface area contributed by atoms with Crippen LogP contribution in [0.5, 0.6) is 5.75 Å². The lowest BCUT2D eigenvalue weighted by atomic mass is 10.3. The lowest BCUT2D eigenvalue weighted by Gasteiger charge is -2.35. The van der Waals surface area contributed by atoms with E-state index in [4.69, 9.17) is 16.3 Å². The van der Waals surface area contributed by atoms with Gasteiger partial charge in [-0.1, -0.05) is 11.6 Å². The number of anilines is 1. The van der Waals surface area contributed by atoms with Crippen LogP contribution in [-0.2, 0) is 17.1 Å². The number of piperazine rings is 1. The second kappa shape index (κ2) is 7.65. The molecule has 2 aromatic rings. The van der Waals surface area contributed by atoms with Crippen molar-refractivity contribution in [1.82, 2.24) is 19.2 Å². The van der Waals surface area contributed by atoms with Gasteiger partial charge in [-0.2, -0.15) is 0 Å². The molecule has 0 spiro atoms. The summed E-state index contributed by atoms with van der Waals surface area (Å²) in [6.45, 7) is 1.90. The average Bonchev–Trinajstić information content (AvgIpc) is 3.07. The van der Waals surface area contributed by atoms with Crippen LogP contribution in [0.25, 0.3) is 0 Å². The highest BCUT2D eigenvalue weighted by molar-refractivity contribution is 7.90.